The lowest BCUT2D eigenvalue weighted by Gasteiger charge is -2.21. The van der Waals surface area contributed by atoms with Crippen molar-refractivity contribution in [1.29, 1.82) is 0 Å². The van der Waals surface area contributed by atoms with Crippen molar-refractivity contribution >= 4 is 27.5 Å². The summed E-state index contributed by atoms with van der Waals surface area (Å²) < 4.78 is 27.0. The second-order valence-electron chi connectivity index (χ2n) is 5.08. The first-order valence-corrected chi connectivity index (χ1v) is 9.19. The van der Waals surface area contributed by atoms with Gasteiger partial charge in [-0.15, -0.1) is 0 Å². The average Bonchev–Trinajstić information content (AvgIpc) is 2.55. The Morgan fingerprint density at radius 2 is 1.70 bits per heavy atom. The van der Waals surface area contributed by atoms with E-state index < -0.39 is 10.0 Å². The van der Waals surface area contributed by atoms with Crippen LogP contribution < -0.4 is 9.62 Å². The molecule has 0 aliphatic carbocycles. The van der Waals surface area contributed by atoms with Gasteiger partial charge in [0.2, 0.25) is 0 Å². The molecule has 1 N–H and O–H groups in total. The summed E-state index contributed by atoms with van der Waals surface area (Å²) >= 11 is 0. The fourth-order valence-corrected chi connectivity index (χ4v) is 3.15. The van der Waals surface area contributed by atoms with Crippen LogP contribution in [-0.2, 0) is 10.0 Å². The van der Waals surface area contributed by atoms with Gasteiger partial charge in [-0.2, -0.15) is 0 Å². The molecule has 0 aliphatic rings. The Kier molecular flexibility index (Phi) is 5.82. The molecule has 0 fully saturated rings. The number of nitrogens with zero attached hydrogens (tertiary/aromatic N) is 1. The Hall–Kier alpha value is -2.27. The molecule has 0 spiro atoms. The minimum atomic E-state index is -3.54. The zero-order chi connectivity index (χ0) is 16.7. The molecule has 0 bridgehead atoms. The summed E-state index contributed by atoms with van der Waals surface area (Å²) in [5.74, 6) is 0. The highest BCUT2D eigenvalue weighted by Gasteiger charge is 2.08. The molecule has 0 radical (unpaired) electrons. The highest BCUT2D eigenvalue weighted by Crippen LogP contribution is 2.20. The summed E-state index contributed by atoms with van der Waals surface area (Å²) in [6.45, 7) is 5.90. The maximum Gasteiger partial charge on any atom is 0.255 e. The molecule has 4 nitrogen and oxygen atoms in total. The number of nitrogens with one attached hydrogen (secondary N) is 1. The van der Waals surface area contributed by atoms with Crippen LogP contribution >= 0.6 is 0 Å². The first-order valence-electron chi connectivity index (χ1n) is 7.65. The van der Waals surface area contributed by atoms with E-state index in [4.69, 9.17) is 0 Å². The molecule has 2 rings (SSSR count). The summed E-state index contributed by atoms with van der Waals surface area (Å²) in [4.78, 5) is 2.16. The number of hydrogen-bond donors (Lipinski definition) is 1. The van der Waals surface area contributed by atoms with E-state index in [0.29, 0.717) is 5.69 Å². The molecule has 2 aromatic rings. The first kappa shape index (κ1) is 17.1. The number of benzene rings is 2. The van der Waals surface area contributed by atoms with E-state index in [1.54, 1.807) is 12.1 Å². The lowest BCUT2D eigenvalue weighted by molar-refractivity contribution is 0.609. The molecule has 0 aromatic heterocycles. The van der Waals surface area contributed by atoms with E-state index in [0.717, 1.165) is 24.3 Å². The molecule has 0 aliphatic heterocycles. The number of rotatable bonds is 7. The van der Waals surface area contributed by atoms with E-state index >= 15 is 0 Å². The number of hydrogen-bond acceptors (Lipinski definition) is 3. The van der Waals surface area contributed by atoms with Gasteiger partial charge in [-0.25, -0.2) is 8.42 Å². The van der Waals surface area contributed by atoms with Gasteiger partial charge in [0.05, 0.1) is 11.1 Å². The monoisotopic (exact) mass is 330 g/mol. The molecule has 122 valence electrons. The fraction of sp³-hybridized carbons (Fsp3) is 0.222. The quantitative estimate of drug-likeness (QED) is 0.836. The Bertz CT molecular complexity index is 752. The van der Waals surface area contributed by atoms with Gasteiger partial charge in [-0.1, -0.05) is 36.4 Å². The van der Waals surface area contributed by atoms with Gasteiger partial charge in [0.15, 0.2) is 0 Å². The summed E-state index contributed by atoms with van der Waals surface area (Å²) in [6.07, 6.45) is 1.58. The van der Waals surface area contributed by atoms with Crippen LogP contribution in [0.25, 0.3) is 6.08 Å². The third kappa shape index (κ3) is 5.14. The molecule has 2 aromatic carbocycles. The van der Waals surface area contributed by atoms with Crippen molar-refractivity contribution in [3.05, 3.63) is 65.6 Å². The van der Waals surface area contributed by atoms with E-state index in [1.165, 1.54) is 5.41 Å². The van der Waals surface area contributed by atoms with Gasteiger partial charge >= 0.3 is 0 Å². The third-order valence-electron chi connectivity index (χ3n) is 3.47. The highest BCUT2D eigenvalue weighted by atomic mass is 32.2. The molecular weight excluding hydrogens is 308 g/mol. The molecule has 0 saturated carbocycles. The Balaban J connectivity index is 2.14. The highest BCUT2D eigenvalue weighted by molar-refractivity contribution is 7.95. The zero-order valence-electron chi connectivity index (χ0n) is 13.4. The van der Waals surface area contributed by atoms with Gasteiger partial charge in [-0.05, 0) is 43.7 Å². The van der Waals surface area contributed by atoms with Crippen molar-refractivity contribution in [2.75, 3.05) is 22.7 Å². The van der Waals surface area contributed by atoms with Gasteiger partial charge in [0.25, 0.3) is 10.0 Å². The second kappa shape index (κ2) is 7.83. The summed E-state index contributed by atoms with van der Waals surface area (Å²) in [5, 5.41) is 1.19. The molecule has 0 unspecified atom stereocenters. The summed E-state index contributed by atoms with van der Waals surface area (Å²) in [7, 11) is -3.54. The van der Waals surface area contributed by atoms with E-state index in [9.17, 15) is 8.42 Å². The van der Waals surface area contributed by atoms with Gasteiger partial charge < -0.3 is 4.90 Å². The van der Waals surface area contributed by atoms with Crippen molar-refractivity contribution in [3.8, 4) is 0 Å². The zero-order valence-corrected chi connectivity index (χ0v) is 14.3. The predicted molar refractivity (Wildman–Crippen MR) is 98.0 cm³/mol. The van der Waals surface area contributed by atoms with Crippen molar-refractivity contribution in [3.63, 3.8) is 0 Å². The lowest BCUT2D eigenvalue weighted by atomic mass is 10.2. The normalized spacial score (nSPS) is 11.6. The van der Waals surface area contributed by atoms with Crippen molar-refractivity contribution in [2.45, 2.75) is 13.8 Å². The first-order chi connectivity index (χ1) is 11.0. The van der Waals surface area contributed by atoms with E-state index in [1.807, 2.05) is 48.5 Å². The van der Waals surface area contributed by atoms with Gasteiger partial charge in [-0.3, -0.25) is 4.72 Å². The van der Waals surface area contributed by atoms with Crippen LogP contribution in [0.2, 0.25) is 0 Å². The van der Waals surface area contributed by atoms with Crippen LogP contribution in [0.15, 0.2) is 60.0 Å². The lowest BCUT2D eigenvalue weighted by Crippen LogP contribution is -2.21. The minimum Gasteiger partial charge on any atom is -0.372 e. The van der Waals surface area contributed by atoms with Gasteiger partial charge in [0, 0.05) is 18.8 Å². The van der Waals surface area contributed by atoms with Crippen LogP contribution in [0.4, 0.5) is 11.4 Å². The Morgan fingerprint density at radius 1 is 1.00 bits per heavy atom. The standard InChI is InChI=1S/C18H22N2O2S/c1-3-20(4-2)18-12-8-11-17(15-18)19-23(21,22)14-13-16-9-6-5-7-10-16/h5-15,19H,3-4H2,1-2H3. The largest absolute Gasteiger partial charge is 0.372 e. The van der Waals surface area contributed by atoms with E-state index in [2.05, 4.69) is 23.5 Å². The molecule has 23 heavy (non-hydrogen) atoms. The maximum absolute atomic E-state index is 12.2. The molecule has 5 heteroatoms. The molecular formula is C18H22N2O2S. The van der Waals surface area contributed by atoms with Crippen molar-refractivity contribution in [1.82, 2.24) is 0 Å². The SMILES string of the molecule is CCN(CC)c1cccc(NS(=O)(=O)C=Cc2ccccc2)c1. The van der Waals surface area contributed by atoms with E-state index in [-0.39, 0.29) is 0 Å². The van der Waals surface area contributed by atoms with Crippen LogP contribution in [-0.4, -0.2) is 21.5 Å². The molecule has 0 heterocycles. The fourth-order valence-electron chi connectivity index (χ4n) is 2.29. The van der Waals surface area contributed by atoms with Crippen molar-refractivity contribution in [2.24, 2.45) is 0 Å². The topological polar surface area (TPSA) is 49.4 Å². The second-order valence-corrected chi connectivity index (χ2v) is 6.65. The van der Waals surface area contributed by atoms with Crippen LogP contribution in [0.5, 0.6) is 0 Å². The molecule has 0 saturated heterocycles. The van der Waals surface area contributed by atoms with Gasteiger partial charge in [0.1, 0.15) is 0 Å². The summed E-state index contributed by atoms with van der Waals surface area (Å²) in [6, 6.07) is 16.8. The predicted octanol–water partition coefficient (Wildman–Crippen LogP) is 3.95. The smallest absolute Gasteiger partial charge is 0.255 e. The third-order valence-corrected chi connectivity index (χ3v) is 4.49. The van der Waals surface area contributed by atoms with Crippen molar-refractivity contribution < 1.29 is 8.42 Å². The Morgan fingerprint density at radius 3 is 2.35 bits per heavy atom. The molecule has 0 atom stereocenters. The van der Waals surface area contributed by atoms with Crippen LogP contribution in [0.3, 0.4) is 0 Å². The van der Waals surface area contributed by atoms with Crippen LogP contribution in [0.1, 0.15) is 19.4 Å². The molecule has 0 amide bonds. The Labute approximate surface area is 138 Å². The minimum absolute atomic E-state index is 0.562. The number of sulfonamides is 1. The number of anilines is 2. The average molecular weight is 330 g/mol. The summed E-state index contributed by atoms with van der Waals surface area (Å²) in [5.41, 5.74) is 2.41. The van der Waals surface area contributed by atoms with Crippen LogP contribution in [0, 0.1) is 0 Å². The maximum atomic E-state index is 12.2.